The minimum atomic E-state index is 0.601. The summed E-state index contributed by atoms with van der Waals surface area (Å²) in [6.45, 7) is 7.38. The fraction of sp³-hybridized carbons (Fsp3) is 0.500. The van der Waals surface area contributed by atoms with Crippen LogP contribution in [-0.2, 0) is 30.7 Å². The average molecular weight is 426 g/mol. The molecule has 1 aliphatic heterocycles. The SMILES string of the molecule is CCOc1ncccc1CNc1nc(CN2CCOCC2)nc2sc3c(c12)CCC3. The molecule has 158 valence electrons. The van der Waals surface area contributed by atoms with Crippen molar-refractivity contribution in [1.29, 1.82) is 0 Å². The van der Waals surface area contributed by atoms with Crippen molar-refractivity contribution in [2.75, 3.05) is 38.2 Å². The Morgan fingerprint density at radius 3 is 3.00 bits per heavy atom. The van der Waals surface area contributed by atoms with E-state index in [0.29, 0.717) is 19.0 Å². The molecule has 1 N–H and O–H groups in total. The van der Waals surface area contributed by atoms with Gasteiger partial charge in [-0.05, 0) is 37.8 Å². The first-order valence-electron chi connectivity index (χ1n) is 10.7. The van der Waals surface area contributed by atoms with Gasteiger partial charge in [-0.25, -0.2) is 15.0 Å². The van der Waals surface area contributed by atoms with Crippen LogP contribution in [-0.4, -0.2) is 52.8 Å². The normalized spacial score (nSPS) is 16.7. The van der Waals surface area contributed by atoms with Gasteiger partial charge in [-0.2, -0.15) is 0 Å². The summed E-state index contributed by atoms with van der Waals surface area (Å²) in [4.78, 5) is 19.2. The summed E-state index contributed by atoms with van der Waals surface area (Å²) in [6, 6.07) is 4.00. The van der Waals surface area contributed by atoms with Crippen molar-refractivity contribution in [3.63, 3.8) is 0 Å². The first kappa shape index (κ1) is 19.7. The van der Waals surface area contributed by atoms with Gasteiger partial charge in [0.2, 0.25) is 5.88 Å². The summed E-state index contributed by atoms with van der Waals surface area (Å²) in [5, 5.41) is 4.80. The standard InChI is InChI=1S/C22H27N5O2S/c1-2-29-21-15(5-4-8-23-21)13-24-20-19-16-6-3-7-17(16)30-22(19)26-18(25-20)14-27-9-11-28-12-10-27/h4-5,8H,2-3,6-7,9-14H2,1H3,(H,24,25,26). The second-order valence-electron chi connectivity index (χ2n) is 7.67. The third kappa shape index (κ3) is 3.99. The molecule has 1 aliphatic carbocycles. The monoisotopic (exact) mass is 425 g/mol. The smallest absolute Gasteiger partial charge is 0.218 e. The number of anilines is 1. The topological polar surface area (TPSA) is 72.4 Å². The molecule has 0 unspecified atom stereocenters. The van der Waals surface area contributed by atoms with Gasteiger partial charge in [0.05, 0.1) is 31.8 Å². The Bertz CT molecular complexity index is 1030. The van der Waals surface area contributed by atoms with Crippen molar-refractivity contribution < 1.29 is 9.47 Å². The van der Waals surface area contributed by atoms with E-state index >= 15 is 0 Å². The third-order valence-corrected chi connectivity index (χ3v) is 6.84. The van der Waals surface area contributed by atoms with Crippen LogP contribution in [0.25, 0.3) is 10.2 Å². The average Bonchev–Trinajstić information content (AvgIpc) is 3.35. The largest absolute Gasteiger partial charge is 0.478 e. The number of fused-ring (bicyclic) bond motifs is 3. The van der Waals surface area contributed by atoms with Gasteiger partial charge in [-0.1, -0.05) is 6.07 Å². The Labute approximate surface area is 180 Å². The Balaban J connectivity index is 1.46. The highest BCUT2D eigenvalue weighted by molar-refractivity contribution is 7.19. The van der Waals surface area contributed by atoms with Gasteiger partial charge in [-0.3, -0.25) is 4.90 Å². The third-order valence-electron chi connectivity index (χ3n) is 5.66. The van der Waals surface area contributed by atoms with Crippen molar-refractivity contribution in [2.45, 2.75) is 39.3 Å². The zero-order valence-electron chi connectivity index (χ0n) is 17.3. The Morgan fingerprint density at radius 1 is 1.23 bits per heavy atom. The lowest BCUT2D eigenvalue weighted by Crippen LogP contribution is -2.36. The predicted molar refractivity (Wildman–Crippen MR) is 118 cm³/mol. The highest BCUT2D eigenvalue weighted by Gasteiger charge is 2.23. The molecule has 0 amide bonds. The summed E-state index contributed by atoms with van der Waals surface area (Å²) in [7, 11) is 0. The zero-order chi connectivity index (χ0) is 20.3. The maximum Gasteiger partial charge on any atom is 0.218 e. The minimum absolute atomic E-state index is 0.601. The van der Waals surface area contributed by atoms with Crippen molar-refractivity contribution in [3.8, 4) is 5.88 Å². The van der Waals surface area contributed by atoms with E-state index in [9.17, 15) is 0 Å². The van der Waals surface area contributed by atoms with Crippen LogP contribution in [0.1, 0.15) is 35.2 Å². The molecule has 0 bridgehead atoms. The Kier molecular flexibility index (Phi) is 5.79. The summed E-state index contributed by atoms with van der Waals surface area (Å²) in [6.07, 6.45) is 5.27. The van der Waals surface area contributed by atoms with Gasteiger partial charge in [0, 0.05) is 36.3 Å². The number of hydrogen-bond acceptors (Lipinski definition) is 8. The predicted octanol–water partition coefficient (Wildman–Crippen LogP) is 3.42. The Morgan fingerprint density at radius 2 is 2.13 bits per heavy atom. The van der Waals surface area contributed by atoms with E-state index in [1.807, 2.05) is 24.3 Å². The van der Waals surface area contributed by atoms with Crippen molar-refractivity contribution in [1.82, 2.24) is 19.9 Å². The number of morpholine rings is 1. The van der Waals surface area contributed by atoms with Crippen LogP contribution in [0.4, 0.5) is 5.82 Å². The highest BCUT2D eigenvalue weighted by atomic mass is 32.1. The molecule has 30 heavy (non-hydrogen) atoms. The second kappa shape index (κ2) is 8.83. The molecule has 8 heteroatoms. The maximum absolute atomic E-state index is 5.70. The molecule has 0 radical (unpaired) electrons. The molecule has 4 heterocycles. The number of rotatable bonds is 7. The van der Waals surface area contributed by atoms with E-state index in [1.54, 1.807) is 6.20 Å². The summed E-state index contributed by atoms with van der Waals surface area (Å²) in [5.41, 5.74) is 2.47. The van der Waals surface area contributed by atoms with E-state index in [4.69, 9.17) is 19.4 Å². The molecule has 7 nitrogen and oxygen atoms in total. The molecule has 0 saturated carbocycles. The molecule has 0 aromatic carbocycles. The van der Waals surface area contributed by atoms with E-state index in [-0.39, 0.29) is 0 Å². The molecule has 5 rings (SSSR count). The first-order valence-corrected chi connectivity index (χ1v) is 11.6. The molecular weight excluding hydrogens is 398 g/mol. The number of nitrogens with one attached hydrogen (secondary N) is 1. The van der Waals surface area contributed by atoms with Gasteiger partial charge >= 0.3 is 0 Å². The number of nitrogens with zero attached hydrogens (tertiary/aromatic N) is 4. The van der Waals surface area contributed by atoms with E-state index in [2.05, 4.69) is 21.3 Å². The van der Waals surface area contributed by atoms with Crippen LogP contribution in [0.5, 0.6) is 5.88 Å². The Hall–Kier alpha value is -2.29. The summed E-state index contributed by atoms with van der Waals surface area (Å²) in [5.74, 6) is 2.50. The fourth-order valence-electron chi connectivity index (χ4n) is 4.20. The van der Waals surface area contributed by atoms with Crippen molar-refractivity contribution in [3.05, 3.63) is 40.2 Å². The lowest BCUT2D eigenvalue weighted by atomic mass is 10.2. The second-order valence-corrected chi connectivity index (χ2v) is 8.75. The number of ether oxygens (including phenoxy) is 2. The first-order chi connectivity index (χ1) is 14.8. The number of aromatic nitrogens is 3. The van der Waals surface area contributed by atoms with Crippen molar-refractivity contribution >= 4 is 27.4 Å². The number of aryl methyl sites for hydroxylation is 2. The van der Waals surface area contributed by atoms with Crippen LogP contribution in [0.2, 0.25) is 0 Å². The molecular formula is C22H27N5O2S. The van der Waals surface area contributed by atoms with E-state index < -0.39 is 0 Å². The molecule has 1 fully saturated rings. The van der Waals surface area contributed by atoms with Gasteiger partial charge < -0.3 is 14.8 Å². The lowest BCUT2D eigenvalue weighted by molar-refractivity contribution is 0.0331. The fourth-order valence-corrected chi connectivity index (χ4v) is 5.48. The van der Waals surface area contributed by atoms with Crippen LogP contribution in [0.3, 0.4) is 0 Å². The van der Waals surface area contributed by atoms with Crippen LogP contribution >= 0.6 is 11.3 Å². The highest BCUT2D eigenvalue weighted by Crippen LogP contribution is 2.39. The summed E-state index contributed by atoms with van der Waals surface area (Å²) < 4.78 is 11.2. The molecule has 1 saturated heterocycles. The van der Waals surface area contributed by atoms with E-state index in [0.717, 1.165) is 67.7 Å². The van der Waals surface area contributed by atoms with Gasteiger partial charge in [0.1, 0.15) is 16.5 Å². The van der Waals surface area contributed by atoms with Crippen molar-refractivity contribution in [2.24, 2.45) is 0 Å². The summed E-state index contributed by atoms with van der Waals surface area (Å²) >= 11 is 1.84. The molecule has 3 aromatic rings. The molecule has 0 atom stereocenters. The number of thiophene rings is 1. The minimum Gasteiger partial charge on any atom is -0.478 e. The van der Waals surface area contributed by atoms with Gasteiger partial charge in [0.15, 0.2) is 0 Å². The molecule has 3 aromatic heterocycles. The quantitative estimate of drug-likeness (QED) is 0.622. The lowest BCUT2D eigenvalue weighted by Gasteiger charge is -2.25. The van der Waals surface area contributed by atoms with Crippen LogP contribution in [0.15, 0.2) is 18.3 Å². The number of pyridine rings is 1. The van der Waals surface area contributed by atoms with Gasteiger partial charge in [-0.15, -0.1) is 11.3 Å². The molecule has 2 aliphatic rings. The zero-order valence-corrected chi connectivity index (χ0v) is 18.1. The molecule has 0 spiro atoms. The van der Waals surface area contributed by atoms with Crippen LogP contribution < -0.4 is 10.1 Å². The van der Waals surface area contributed by atoms with E-state index in [1.165, 1.54) is 22.2 Å². The maximum atomic E-state index is 5.70. The van der Waals surface area contributed by atoms with Crippen LogP contribution in [0, 0.1) is 0 Å². The number of hydrogen-bond donors (Lipinski definition) is 1. The van der Waals surface area contributed by atoms with Gasteiger partial charge in [0.25, 0.3) is 0 Å².